The second-order valence-corrected chi connectivity index (χ2v) is 3.76. The predicted octanol–water partition coefficient (Wildman–Crippen LogP) is -0.0600. The van der Waals surface area contributed by atoms with Crippen molar-refractivity contribution in [2.75, 3.05) is 6.54 Å². The average molecular weight is 240 g/mol. The van der Waals surface area contributed by atoms with Gasteiger partial charge in [-0.1, -0.05) is 6.92 Å². The SMILES string of the molecule is CC(CNC(=O)NCc1nccn1C)C(=O)O. The highest BCUT2D eigenvalue weighted by molar-refractivity contribution is 5.75. The van der Waals surface area contributed by atoms with E-state index in [2.05, 4.69) is 15.6 Å². The number of carbonyl (C=O) groups is 2. The van der Waals surface area contributed by atoms with Crippen LogP contribution in [0.5, 0.6) is 0 Å². The first kappa shape index (κ1) is 13.0. The number of hydrogen-bond acceptors (Lipinski definition) is 3. The van der Waals surface area contributed by atoms with E-state index in [1.165, 1.54) is 6.92 Å². The number of nitrogens with zero attached hydrogens (tertiary/aromatic N) is 2. The highest BCUT2D eigenvalue weighted by Crippen LogP contribution is 1.93. The summed E-state index contributed by atoms with van der Waals surface area (Å²) in [6.07, 6.45) is 3.42. The minimum atomic E-state index is -0.936. The molecule has 17 heavy (non-hydrogen) atoms. The molecule has 3 N–H and O–H groups in total. The molecule has 1 aromatic heterocycles. The summed E-state index contributed by atoms with van der Waals surface area (Å²) in [5.41, 5.74) is 0. The first-order valence-corrected chi connectivity index (χ1v) is 5.21. The number of nitrogens with one attached hydrogen (secondary N) is 2. The summed E-state index contributed by atoms with van der Waals surface area (Å²) in [5, 5.41) is 13.7. The molecule has 0 radical (unpaired) electrons. The van der Waals surface area contributed by atoms with E-state index in [-0.39, 0.29) is 6.54 Å². The number of rotatable bonds is 5. The lowest BCUT2D eigenvalue weighted by Gasteiger charge is -2.09. The molecule has 0 spiro atoms. The van der Waals surface area contributed by atoms with Gasteiger partial charge in [-0.15, -0.1) is 0 Å². The number of imidazole rings is 1. The molecule has 7 nitrogen and oxygen atoms in total. The molecule has 1 aromatic rings. The Bertz CT molecular complexity index is 402. The standard InChI is InChI=1S/C10H16N4O3/c1-7(9(15)16)5-12-10(17)13-6-8-11-3-4-14(8)2/h3-4,7H,5-6H2,1-2H3,(H,15,16)(H2,12,13,17). The van der Waals surface area contributed by atoms with Crippen LogP contribution < -0.4 is 10.6 Å². The summed E-state index contributed by atoms with van der Waals surface area (Å²) in [5.74, 6) is -0.810. The van der Waals surface area contributed by atoms with Gasteiger partial charge in [-0.2, -0.15) is 0 Å². The third kappa shape index (κ3) is 4.13. The molecule has 1 heterocycles. The Morgan fingerprint density at radius 1 is 1.53 bits per heavy atom. The largest absolute Gasteiger partial charge is 0.481 e. The Morgan fingerprint density at radius 3 is 2.76 bits per heavy atom. The maximum atomic E-state index is 11.3. The molecule has 0 aromatic carbocycles. The molecular weight excluding hydrogens is 224 g/mol. The average Bonchev–Trinajstić information content (AvgIpc) is 2.68. The van der Waals surface area contributed by atoms with E-state index in [9.17, 15) is 9.59 Å². The Kier molecular flexibility index (Phi) is 4.50. The lowest BCUT2D eigenvalue weighted by molar-refractivity contribution is -0.140. The van der Waals surface area contributed by atoms with Crippen LogP contribution in [-0.4, -0.2) is 33.2 Å². The van der Waals surface area contributed by atoms with Crippen molar-refractivity contribution in [2.45, 2.75) is 13.5 Å². The fourth-order valence-corrected chi connectivity index (χ4v) is 1.12. The van der Waals surface area contributed by atoms with Gasteiger partial charge in [0, 0.05) is 26.0 Å². The van der Waals surface area contributed by atoms with Crippen molar-refractivity contribution >= 4 is 12.0 Å². The molecule has 0 saturated carbocycles. The topological polar surface area (TPSA) is 96.3 Å². The molecule has 7 heteroatoms. The number of aryl methyl sites for hydroxylation is 1. The van der Waals surface area contributed by atoms with E-state index in [0.29, 0.717) is 6.54 Å². The van der Waals surface area contributed by atoms with Gasteiger partial charge in [0.15, 0.2) is 0 Å². The van der Waals surface area contributed by atoms with Gasteiger partial charge in [0.1, 0.15) is 5.82 Å². The number of urea groups is 1. The Morgan fingerprint density at radius 2 is 2.24 bits per heavy atom. The smallest absolute Gasteiger partial charge is 0.315 e. The summed E-state index contributed by atoms with van der Waals surface area (Å²) >= 11 is 0. The van der Waals surface area contributed by atoms with Crippen molar-refractivity contribution in [3.05, 3.63) is 18.2 Å². The van der Waals surface area contributed by atoms with Crippen LogP contribution in [0.15, 0.2) is 12.4 Å². The molecular formula is C10H16N4O3. The van der Waals surface area contributed by atoms with Crippen LogP contribution in [0, 0.1) is 5.92 Å². The van der Waals surface area contributed by atoms with Gasteiger partial charge in [-0.05, 0) is 0 Å². The highest BCUT2D eigenvalue weighted by Gasteiger charge is 2.12. The maximum Gasteiger partial charge on any atom is 0.315 e. The van der Waals surface area contributed by atoms with Gasteiger partial charge in [-0.25, -0.2) is 9.78 Å². The van der Waals surface area contributed by atoms with E-state index < -0.39 is 17.9 Å². The summed E-state index contributed by atoms with van der Waals surface area (Å²) in [6, 6.07) is -0.402. The second-order valence-electron chi connectivity index (χ2n) is 3.76. The van der Waals surface area contributed by atoms with Crippen LogP contribution in [0.4, 0.5) is 4.79 Å². The number of aromatic nitrogens is 2. The Balaban J connectivity index is 2.27. The molecule has 1 atom stereocenters. The summed E-state index contributed by atoms with van der Waals surface area (Å²) in [6.45, 7) is 1.93. The first-order valence-electron chi connectivity index (χ1n) is 5.21. The minimum absolute atomic E-state index is 0.0989. The van der Waals surface area contributed by atoms with Crippen molar-refractivity contribution in [1.29, 1.82) is 0 Å². The molecule has 94 valence electrons. The van der Waals surface area contributed by atoms with Gasteiger partial charge in [0.05, 0.1) is 12.5 Å². The molecule has 0 aliphatic carbocycles. The predicted molar refractivity (Wildman–Crippen MR) is 60.2 cm³/mol. The van der Waals surface area contributed by atoms with Crippen LogP contribution in [-0.2, 0) is 18.4 Å². The lowest BCUT2D eigenvalue weighted by atomic mass is 10.2. The fourth-order valence-electron chi connectivity index (χ4n) is 1.12. The molecule has 0 aliphatic heterocycles. The van der Waals surface area contributed by atoms with Crippen molar-refractivity contribution in [2.24, 2.45) is 13.0 Å². The van der Waals surface area contributed by atoms with Crippen LogP contribution in [0.2, 0.25) is 0 Å². The molecule has 2 amide bonds. The van der Waals surface area contributed by atoms with E-state index >= 15 is 0 Å². The van der Waals surface area contributed by atoms with Gasteiger partial charge >= 0.3 is 12.0 Å². The summed E-state index contributed by atoms with van der Waals surface area (Å²) in [4.78, 5) is 25.9. The number of hydrogen-bond donors (Lipinski definition) is 3. The van der Waals surface area contributed by atoms with E-state index in [0.717, 1.165) is 5.82 Å². The first-order chi connectivity index (χ1) is 8.00. The monoisotopic (exact) mass is 240 g/mol. The number of carbonyl (C=O) groups excluding carboxylic acids is 1. The van der Waals surface area contributed by atoms with Gasteiger partial charge in [-0.3, -0.25) is 4.79 Å². The van der Waals surface area contributed by atoms with Crippen molar-refractivity contribution in [1.82, 2.24) is 20.2 Å². The Hall–Kier alpha value is -2.05. The maximum absolute atomic E-state index is 11.3. The number of amides is 2. The van der Waals surface area contributed by atoms with Crippen molar-refractivity contribution < 1.29 is 14.7 Å². The van der Waals surface area contributed by atoms with Crippen LogP contribution in [0.1, 0.15) is 12.7 Å². The highest BCUT2D eigenvalue weighted by atomic mass is 16.4. The number of carboxylic acid groups (broad SMARTS) is 1. The minimum Gasteiger partial charge on any atom is -0.481 e. The van der Waals surface area contributed by atoms with E-state index in [4.69, 9.17) is 5.11 Å². The molecule has 1 unspecified atom stereocenters. The second kappa shape index (κ2) is 5.88. The van der Waals surface area contributed by atoms with Crippen LogP contribution in [0.3, 0.4) is 0 Å². The van der Waals surface area contributed by atoms with Crippen molar-refractivity contribution in [3.8, 4) is 0 Å². The van der Waals surface area contributed by atoms with Gasteiger partial charge in [0.25, 0.3) is 0 Å². The number of carboxylic acids is 1. The van der Waals surface area contributed by atoms with E-state index in [1.54, 1.807) is 17.0 Å². The van der Waals surface area contributed by atoms with E-state index in [1.807, 2.05) is 7.05 Å². The lowest BCUT2D eigenvalue weighted by Crippen LogP contribution is -2.39. The fraction of sp³-hybridized carbons (Fsp3) is 0.500. The molecule has 0 fully saturated rings. The normalized spacial score (nSPS) is 11.9. The quantitative estimate of drug-likeness (QED) is 0.671. The van der Waals surface area contributed by atoms with Crippen LogP contribution >= 0.6 is 0 Å². The molecule has 0 aliphatic rings. The zero-order valence-electron chi connectivity index (χ0n) is 9.80. The third-order valence-electron chi connectivity index (χ3n) is 2.32. The third-order valence-corrected chi connectivity index (χ3v) is 2.32. The van der Waals surface area contributed by atoms with Gasteiger partial charge < -0.3 is 20.3 Å². The number of aliphatic carboxylic acids is 1. The molecule has 0 bridgehead atoms. The zero-order valence-corrected chi connectivity index (χ0v) is 9.80. The van der Waals surface area contributed by atoms with Crippen molar-refractivity contribution in [3.63, 3.8) is 0 Å². The van der Waals surface area contributed by atoms with Gasteiger partial charge in [0.2, 0.25) is 0 Å². The molecule has 0 saturated heterocycles. The molecule has 1 rings (SSSR count). The summed E-state index contributed by atoms with van der Waals surface area (Å²) < 4.78 is 1.79. The van der Waals surface area contributed by atoms with Crippen LogP contribution in [0.25, 0.3) is 0 Å². The summed E-state index contributed by atoms with van der Waals surface area (Å²) in [7, 11) is 1.83. The zero-order chi connectivity index (χ0) is 12.8. The Labute approximate surface area is 98.8 Å².